The fourth-order valence-corrected chi connectivity index (χ4v) is 3.92. The molecule has 0 radical (unpaired) electrons. The minimum absolute atomic E-state index is 0.857. The Hall–Kier alpha value is 0.177. The molecule has 1 fully saturated rings. The van der Waals surface area contributed by atoms with E-state index < -0.39 is 8.32 Å². The molecule has 1 nitrogen and oxygen atoms in total. The molecular formula is C9H20OSi. The zero-order valence-corrected chi connectivity index (χ0v) is 8.77. The van der Waals surface area contributed by atoms with E-state index in [1.807, 2.05) is 0 Å². The van der Waals surface area contributed by atoms with Crippen LogP contribution in [0.15, 0.2) is 0 Å². The first-order valence-corrected chi connectivity index (χ1v) is 7.96. The summed E-state index contributed by atoms with van der Waals surface area (Å²) in [6.07, 6.45) is 6.96. The Balaban J connectivity index is 2.24. The highest BCUT2D eigenvalue weighted by Crippen LogP contribution is 2.29. The van der Waals surface area contributed by atoms with Crippen LogP contribution in [-0.2, 0) is 0 Å². The van der Waals surface area contributed by atoms with Gasteiger partial charge in [0.15, 0.2) is 8.32 Å². The van der Waals surface area contributed by atoms with Crippen molar-refractivity contribution in [1.29, 1.82) is 0 Å². The third kappa shape index (κ3) is 3.92. The molecule has 0 heterocycles. The lowest BCUT2D eigenvalue weighted by atomic mass is 9.91. The van der Waals surface area contributed by atoms with Gasteiger partial charge in [-0.1, -0.05) is 32.1 Å². The molecule has 0 aromatic heterocycles. The summed E-state index contributed by atoms with van der Waals surface area (Å²) in [4.78, 5) is 9.71. The van der Waals surface area contributed by atoms with Gasteiger partial charge in [-0.3, -0.25) is 0 Å². The minimum Gasteiger partial charge on any atom is -0.432 e. The SMILES string of the molecule is C[Si](C)(O)CC1CCCCC1. The predicted molar refractivity (Wildman–Crippen MR) is 51.1 cm³/mol. The summed E-state index contributed by atoms with van der Waals surface area (Å²) in [6, 6.07) is 1.13. The van der Waals surface area contributed by atoms with Crippen molar-refractivity contribution in [3.63, 3.8) is 0 Å². The standard InChI is InChI=1S/C9H20OSi/c1-11(2,10)8-9-6-4-3-5-7-9/h9-10H,3-8H2,1-2H3. The summed E-state index contributed by atoms with van der Waals surface area (Å²) >= 11 is 0. The first-order valence-electron chi connectivity index (χ1n) is 4.80. The lowest BCUT2D eigenvalue weighted by Gasteiger charge is -2.26. The molecular weight excluding hydrogens is 152 g/mol. The predicted octanol–water partition coefficient (Wildman–Crippen LogP) is 2.76. The van der Waals surface area contributed by atoms with E-state index in [1.165, 1.54) is 32.1 Å². The van der Waals surface area contributed by atoms with Gasteiger partial charge >= 0.3 is 0 Å². The summed E-state index contributed by atoms with van der Waals surface area (Å²) in [5.41, 5.74) is 0. The van der Waals surface area contributed by atoms with Crippen LogP contribution in [0.2, 0.25) is 19.1 Å². The van der Waals surface area contributed by atoms with Gasteiger partial charge in [0.1, 0.15) is 0 Å². The first kappa shape index (κ1) is 9.27. The van der Waals surface area contributed by atoms with Gasteiger partial charge in [0, 0.05) is 0 Å². The molecule has 0 atom stereocenters. The van der Waals surface area contributed by atoms with Crippen molar-refractivity contribution in [2.75, 3.05) is 0 Å². The summed E-state index contributed by atoms with van der Waals surface area (Å²) in [5.74, 6) is 0.857. The molecule has 0 unspecified atom stereocenters. The van der Waals surface area contributed by atoms with Crippen molar-refractivity contribution in [2.24, 2.45) is 5.92 Å². The van der Waals surface area contributed by atoms with Crippen LogP contribution >= 0.6 is 0 Å². The molecule has 11 heavy (non-hydrogen) atoms. The molecule has 1 aliphatic carbocycles. The minimum atomic E-state index is -1.74. The third-order valence-electron chi connectivity index (χ3n) is 2.51. The van der Waals surface area contributed by atoms with Crippen LogP contribution in [0.3, 0.4) is 0 Å². The van der Waals surface area contributed by atoms with E-state index >= 15 is 0 Å². The third-order valence-corrected chi connectivity index (χ3v) is 4.09. The largest absolute Gasteiger partial charge is 0.432 e. The summed E-state index contributed by atoms with van der Waals surface area (Å²) in [5, 5.41) is 0. The zero-order valence-electron chi connectivity index (χ0n) is 7.77. The molecule has 1 rings (SSSR count). The smallest absolute Gasteiger partial charge is 0.182 e. The Morgan fingerprint density at radius 1 is 1.18 bits per heavy atom. The Morgan fingerprint density at radius 2 is 1.73 bits per heavy atom. The van der Waals surface area contributed by atoms with E-state index in [0.29, 0.717) is 0 Å². The van der Waals surface area contributed by atoms with Crippen molar-refractivity contribution in [2.45, 2.75) is 51.2 Å². The van der Waals surface area contributed by atoms with E-state index in [-0.39, 0.29) is 0 Å². The van der Waals surface area contributed by atoms with Gasteiger partial charge in [0.25, 0.3) is 0 Å². The van der Waals surface area contributed by atoms with Gasteiger partial charge in [-0.2, -0.15) is 0 Å². The maximum Gasteiger partial charge on any atom is 0.182 e. The molecule has 2 heteroatoms. The van der Waals surface area contributed by atoms with Crippen LogP contribution < -0.4 is 0 Å². The number of hydrogen-bond acceptors (Lipinski definition) is 1. The molecule has 0 saturated heterocycles. The maximum absolute atomic E-state index is 9.71. The lowest BCUT2D eigenvalue weighted by Crippen LogP contribution is -2.28. The topological polar surface area (TPSA) is 20.2 Å². The Labute approximate surface area is 71.0 Å². The highest BCUT2D eigenvalue weighted by atomic mass is 28.4. The van der Waals surface area contributed by atoms with Crippen molar-refractivity contribution >= 4 is 8.32 Å². The van der Waals surface area contributed by atoms with Crippen molar-refractivity contribution in [3.05, 3.63) is 0 Å². The summed E-state index contributed by atoms with van der Waals surface area (Å²) in [7, 11) is -1.74. The fraction of sp³-hybridized carbons (Fsp3) is 1.00. The van der Waals surface area contributed by atoms with Crippen LogP contribution in [0.4, 0.5) is 0 Å². The van der Waals surface area contributed by atoms with Crippen molar-refractivity contribution in [3.8, 4) is 0 Å². The van der Waals surface area contributed by atoms with E-state index in [9.17, 15) is 4.80 Å². The Morgan fingerprint density at radius 3 is 2.18 bits per heavy atom. The van der Waals surface area contributed by atoms with Crippen LogP contribution in [0.1, 0.15) is 32.1 Å². The normalized spacial score (nSPS) is 22.1. The molecule has 1 aliphatic rings. The molecule has 0 aliphatic heterocycles. The average molecular weight is 172 g/mol. The second-order valence-electron chi connectivity index (χ2n) is 4.52. The van der Waals surface area contributed by atoms with Gasteiger partial charge in [-0.05, 0) is 25.1 Å². The molecule has 0 spiro atoms. The first-order chi connectivity index (χ1) is 5.08. The van der Waals surface area contributed by atoms with Gasteiger partial charge in [0.05, 0.1) is 0 Å². The van der Waals surface area contributed by atoms with Gasteiger partial charge in [0.2, 0.25) is 0 Å². The zero-order chi connectivity index (χ0) is 8.32. The fourth-order valence-electron chi connectivity index (χ4n) is 2.10. The lowest BCUT2D eigenvalue weighted by molar-refractivity contribution is 0.369. The van der Waals surface area contributed by atoms with Crippen LogP contribution in [-0.4, -0.2) is 13.1 Å². The highest BCUT2D eigenvalue weighted by Gasteiger charge is 2.24. The maximum atomic E-state index is 9.71. The average Bonchev–Trinajstić information content (AvgIpc) is 1.85. The summed E-state index contributed by atoms with van der Waals surface area (Å²) in [6.45, 7) is 4.11. The van der Waals surface area contributed by atoms with Crippen molar-refractivity contribution < 1.29 is 4.80 Å². The second kappa shape index (κ2) is 3.72. The Kier molecular flexibility index (Phi) is 3.13. The molecule has 0 amide bonds. The molecule has 1 N–H and O–H groups in total. The van der Waals surface area contributed by atoms with E-state index in [1.54, 1.807) is 0 Å². The van der Waals surface area contributed by atoms with Crippen LogP contribution in [0.25, 0.3) is 0 Å². The number of rotatable bonds is 2. The quantitative estimate of drug-likeness (QED) is 0.635. The molecule has 0 aromatic carbocycles. The van der Waals surface area contributed by atoms with E-state index in [0.717, 1.165) is 12.0 Å². The van der Waals surface area contributed by atoms with Crippen LogP contribution in [0, 0.1) is 5.92 Å². The second-order valence-corrected chi connectivity index (χ2v) is 8.55. The van der Waals surface area contributed by atoms with E-state index in [2.05, 4.69) is 13.1 Å². The van der Waals surface area contributed by atoms with Gasteiger partial charge < -0.3 is 4.80 Å². The molecule has 1 saturated carbocycles. The van der Waals surface area contributed by atoms with Crippen molar-refractivity contribution in [1.82, 2.24) is 0 Å². The highest BCUT2D eigenvalue weighted by molar-refractivity contribution is 6.69. The van der Waals surface area contributed by atoms with Gasteiger partial charge in [-0.15, -0.1) is 0 Å². The molecule has 66 valence electrons. The molecule has 0 bridgehead atoms. The monoisotopic (exact) mass is 172 g/mol. The summed E-state index contributed by atoms with van der Waals surface area (Å²) < 4.78 is 0. The number of hydrogen-bond donors (Lipinski definition) is 1. The van der Waals surface area contributed by atoms with Crippen LogP contribution in [0.5, 0.6) is 0 Å². The van der Waals surface area contributed by atoms with Gasteiger partial charge in [-0.25, -0.2) is 0 Å². The Bertz CT molecular complexity index is 111. The molecule has 0 aromatic rings. The van der Waals surface area contributed by atoms with E-state index in [4.69, 9.17) is 0 Å².